The van der Waals surface area contributed by atoms with Crippen LogP contribution in [-0.2, 0) is 16.0 Å². The number of amides is 2. The summed E-state index contributed by atoms with van der Waals surface area (Å²) < 4.78 is 0. The van der Waals surface area contributed by atoms with Crippen LogP contribution >= 0.6 is 0 Å². The van der Waals surface area contributed by atoms with Gasteiger partial charge in [0.05, 0.1) is 12.5 Å². The van der Waals surface area contributed by atoms with Crippen LogP contribution in [0.1, 0.15) is 72.8 Å². The zero-order chi connectivity index (χ0) is 23.7. The first-order valence-electron chi connectivity index (χ1n) is 12.2. The molecule has 2 saturated carbocycles. The highest BCUT2D eigenvalue weighted by molar-refractivity contribution is 5.79. The van der Waals surface area contributed by atoms with Crippen molar-refractivity contribution >= 4 is 11.8 Å². The molecule has 1 aromatic rings. The van der Waals surface area contributed by atoms with Gasteiger partial charge in [-0.25, -0.2) is 0 Å². The van der Waals surface area contributed by atoms with E-state index in [9.17, 15) is 14.7 Å². The van der Waals surface area contributed by atoms with E-state index in [0.29, 0.717) is 6.42 Å². The van der Waals surface area contributed by atoms with E-state index in [0.717, 1.165) is 31.2 Å². The first kappa shape index (κ1) is 24.8. The molecule has 3 N–H and O–H groups in total. The van der Waals surface area contributed by atoms with Gasteiger partial charge >= 0.3 is 0 Å². The summed E-state index contributed by atoms with van der Waals surface area (Å²) in [6.45, 7) is 12.4. The maximum atomic E-state index is 12.8. The molecule has 3 rings (SSSR count). The van der Waals surface area contributed by atoms with E-state index in [4.69, 9.17) is 0 Å². The number of benzene rings is 1. The number of carbonyl (C=O) groups excluding carboxylic acids is 2. The Kier molecular flexibility index (Phi) is 7.38. The minimum atomic E-state index is -0.543. The molecule has 178 valence electrons. The molecule has 32 heavy (non-hydrogen) atoms. The van der Waals surface area contributed by atoms with Crippen molar-refractivity contribution in [1.82, 2.24) is 10.6 Å². The molecule has 7 atom stereocenters. The number of fused-ring (bicyclic) bond motifs is 1. The SMILES string of the molecule is C[C@H]1[C@@H]2[C@@H](O)[C@H]([C@H](C)C(=O)NC(C)(C)C)CC[C@@]2(C)CC[C@@H]1NC(=O)Cc1ccccc1. The molecule has 0 unspecified atom stereocenters. The molecule has 5 heteroatoms. The number of hydrogen-bond acceptors (Lipinski definition) is 3. The molecule has 0 saturated heterocycles. The highest BCUT2D eigenvalue weighted by atomic mass is 16.3. The second kappa shape index (κ2) is 9.54. The van der Waals surface area contributed by atoms with E-state index in [1.807, 2.05) is 58.0 Å². The Morgan fingerprint density at radius 1 is 1.16 bits per heavy atom. The second-order valence-electron chi connectivity index (χ2n) is 11.6. The molecule has 2 amide bonds. The largest absolute Gasteiger partial charge is 0.392 e. The molecule has 5 nitrogen and oxygen atoms in total. The zero-order valence-corrected chi connectivity index (χ0v) is 20.7. The maximum absolute atomic E-state index is 12.8. The van der Waals surface area contributed by atoms with E-state index in [2.05, 4.69) is 24.5 Å². The highest BCUT2D eigenvalue weighted by Gasteiger charge is 2.53. The molecule has 0 radical (unpaired) electrons. The average molecular weight is 443 g/mol. The van der Waals surface area contributed by atoms with Crippen molar-refractivity contribution in [2.45, 2.75) is 91.3 Å². The average Bonchev–Trinajstić information content (AvgIpc) is 2.69. The third-order valence-corrected chi connectivity index (χ3v) is 8.00. The Hall–Kier alpha value is -1.88. The Morgan fingerprint density at radius 2 is 1.78 bits per heavy atom. The fraction of sp³-hybridized carbons (Fsp3) is 0.704. The van der Waals surface area contributed by atoms with Gasteiger partial charge in [-0.15, -0.1) is 0 Å². The number of carbonyl (C=O) groups is 2. The van der Waals surface area contributed by atoms with E-state index in [1.165, 1.54) is 0 Å². The van der Waals surface area contributed by atoms with Crippen LogP contribution in [0.3, 0.4) is 0 Å². The molecule has 0 aromatic heterocycles. The first-order chi connectivity index (χ1) is 14.9. The Labute approximate surface area is 193 Å². The molecular formula is C27H42N2O3. The Bertz CT molecular complexity index is 803. The van der Waals surface area contributed by atoms with Crippen LogP contribution in [0, 0.1) is 29.1 Å². The molecular weight excluding hydrogens is 400 g/mol. The topological polar surface area (TPSA) is 78.4 Å². The molecule has 2 fully saturated rings. The van der Waals surface area contributed by atoms with Gasteiger partial charge in [0.25, 0.3) is 0 Å². The lowest BCUT2D eigenvalue weighted by Gasteiger charge is -2.56. The van der Waals surface area contributed by atoms with Crippen molar-refractivity contribution in [3.63, 3.8) is 0 Å². The number of aliphatic hydroxyl groups is 1. The van der Waals surface area contributed by atoms with Gasteiger partial charge in [-0.2, -0.15) is 0 Å². The quantitative estimate of drug-likeness (QED) is 0.643. The first-order valence-corrected chi connectivity index (χ1v) is 12.2. The summed E-state index contributed by atoms with van der Waals surface area (Å²) >= 11 is 0. The van der Waals surface area contributed by atoms with Gasteiger partial charge in [0.15, 0.2) is 0 Å². The van der Waals surface area contributed by atoms with Crippen LogP contribution in [0.5, 0.6) is 0 Å². The van der Waals surface area contributed by atoms with Gasteiger partial charge in [-0.05, 0) is 75.2 Å². The van der Waals surface area contributed by atoms with Crippen molar-refractivity contribution in [3.05, 3.63) is 35.9 Å². The lowest BCUT2D eigenvalue weighted by atomic mass is 9.51. The lowest BCUT2D eigenvalue weighted by molar-refractivity contribution is -0.144. The van der Waals surface area contributed by atoms with E-state index in [-0.39, 0.29) is 52.5 Å². The second-order valence-corrected chi connectivity index (χ2v) is 11.6. The van der Waals surface area contributed by atoms with E-state index < -0.39 is 6.10 Å². The van der Waals surface area contributed by atoms with Crippen molar-refractivity contribution in [1.29, 1.82) is 0 Å². The zero-order valence-electron chi connectivity index (χ0n) is 20.7. The van der Waals surface area contributed by atoms with Crippen LogP contribution in [-0.4, -0.2) is 34.6 Å². The molecule has 0 aliphatic heterocycles. The third-order valence-electron chi connectivity index (χ3n) is 8.00. The monoisotopic (exact) mass is 442 g/mol. The van der Waals surface area contributed by atoms with Crippen molar-refractivity contribution in [3.8, 4) is 0 Å². The van der Waals surface area contributed by atoms with E-state index in [1.54, 1.807) is 0 Å². The molecule has 0 bridgehead atoms. The summed E-state index contributed by atoms with van der Waals surface area (Å²) in [6.07, 6.45) is 3.64. The molecule has 2 aliphatic rings. The van der Waals surface area contributed by atoms with Crippen molar-refractivity contribution < 1.29 is 14.7 Å². The number of aliphatic hydroxyl groups excluding tert-OH is 1. The third kappa shape index (κ3) is 5.54. The highest BCUT2D eigenvalue weighted by Crippen LogP contribution is 2.55. The molecule has 1 aromatic carbocycles. The number of nitrogens with one attached hydrogen (secondary N) is 2. The number of hydrogen-bond donors (Lipinski definition) is 3. The normalized spacial score (nSPS) is 33.7. The van der Waals surface area contributed by atoms with Crippen molar-refractivity contribution in [2.24, 2.45) is 29.1 Å². The molecule has 0 spiro atoms. The predicted molar refractivity (Wildman–Crippen MR) is 128 cm³/mol. The minimum Gasteiger partial charge on any atom is -0.392 e. The summed E-state index contributed by atoms with van der Waals surface area (Å²) in [6, 6.07) is 9.85. The standard InChI is InChI=1S/C27H42N2O3/c1-17(25(32)29-26(3,4)5)20-12-14-27(6)15-13-21(18(2)23(27)24(20)31)28-22(30)16-19-10-8-7-9-11-19/h7-11,17-18,20-21,23-24,31H,12-16H2,1-6H3,(H,28,30)(H,29,32)/t17-,18+,20-,21-,23+,24-,27-/m0/s1. The van der Waals surface area contributed by atoms with Gasteiger partial charge in [-0.1, -0.05) is 51.1 Å². The Morgan fingerprint density at radius 3 is 2.41 bits per heavy atom. The fourth-order valence-electron chi connectivity index (χ4n) is 6.21. The summed E-state index contributed by atoms with van der Waals surface area (Å²) in [7, 11) is 0. The number of rotatable bonds is 5. The molecule has 2 aliphatic carbocycles. The van der Waals surface area contributed by atoms with Crippen LogP contribution in [0.15, 0.2) is 30.3 Å². The van der Waals surface area contributed by atoms with Crippen LogP contribution in [0.2, 0.25) is 0 Å². The van der Waals surface area contributed by atoms with Crippen LogP contribution in [0.25, 0.3) is 0 Å². The smallest absolute Gasteiger partial charge is 0.224 e. The fourth-order valence-corrected chi connectivity index (χ4v) is 6.21. The van der Waals surface area contributed by atoms with Gasteiger partial charge in [0, 0.05) is 17.5 Å². The summed E-state index contributed by atoms with van der Waals surface area (Å²) in [4.78, 5) is 25.5. The summed E-state index contributed by atoms with van der Waals surface area (Å²) in [5, 5.41) is 17.8. The molecule has 0 heterocycles. The Balaban J connectivity index is 1.69. The van der Waals surface area contributed by atoms with Gasteiger partial charge in [0.1, 0.15) is 0 Å². The lowest BCUT2D eigenvalue weighted by Crippen LogP contribution is -2.59. The van der Waals surface area contributed by atoms with Gasteiger partial charge in [0.2, 0.25) is 11.8 Å². The minimum absolute atomic E-state index is 0.0151. The summed E-state index contributed by atoms with van der Waals surface area (Å²) in [5.41, 5.74) is 0.775. The van der Waals surface area contributed by atoms with Crippen molar-refractivity contribution in [2.75, 3.05) is 0 Å². The van der Waals surface area contributed by atoms with Crippen LogP contribution in [0.4, 0.5) is 0 Å². The van der Waals surface area contributed by atoms with E-state index >= 15 is 0 Å². The maximum Gasteiger partial charge on any atom is 0.224 e. The predicted octanol–water partition coefficient (Wildman–Crippen LogP) is 4.09. The van der Waals surface area contributed by atoms with Gasteiger partial charge < -0.3 is 15.7 Å². The van der Waals surface area contributed by atoms with Gasteiger partial charge in [-0.3, -0.25) is 9.59 Å². The summed E-state index contributed by atoms with van der Waals surface area (Å²) in [5.74, 6) is -0.0190. The van der Waals surface area contributed by atoms with Crippen LogP contribution < -0.4 is 10.6 Å².